The van der Waals surface area contributed by atoms with Gasteiger partial charge in [0.05, 0.1) is 0 Å². The van der Waals surface area contributed by atoms with Crippen LogP contribution in [0.5, 0.6) is 0 Å². The van der Waals surface area contributed by atoms with Crippen LogP contribution in [0.15, 0.2) is 54.6 Å². The molecule has 0 aromatic heterocycles. The third kappa shape index (κ3) is 3.55. The fraction of sp³-hybridized carbons (Fsp3) is 0.350. The number of hydrogen-bond acceptors (Lipinski definition) is 2. The summed E-state index contributed by atoms with van der Waals surface area (Å²) in [6.45, 7) is 7.77. The van der Waals surface area contributed by atoms with Gasteiger partial charge in [0.25, 0.3) is 5.91 Å². The molecule has 120 valence electrons. The number of nitrogens with zero attached hydrogens (tertiary/aromatic N) is 2. The summed E-state index contributed by atoms with van der Waals surface area (Å²) in [5.41, 5.74) is 3.41. The van der Waals surface area contributed by atoms with E-state index in [2.05, 4.69) is 43.0 Å². The summed E-state index contributed by atoms with van der Waals surface area (Å²) in [5, 5.41) is 0. The van der Waals surface area contributed by atoms with Crippen molar-refractivity contribution in [2.75, 3.05) is 31.1 Å². The lowest BCUT2D eigenvalue weighted by Crippen LogP contribution is -2.48. The molecule has 0 N–H and O–H groups in total. The Morgan fingerprint density at radius 1 is 0.913 bits per heavy atom. The molecule has 1 aliphatic heterocycles. The first-order chi connectivity index (χ1) is 11.1. The molecule has 0 aliphatic carbocycles. The zero-order valence-electron chi connectivity index (χ0n) is 13.9. The van der Waals surface area contributed by atoms with Crippen LogP contribution >= 0.6 is 0 Å². The van der Waals surface area contributed by atoms with Crippen LogP contribution in [-0.4, -0.2) is 37.0 Å². The quantitative estimate of drug-likeness (QED) is 0.861. The minimum Gasteiger partial charge on any atom is -0.368 e. The zero-order valence-corrected chi connectivity index (χ0v) is 13.9. The lowest BCUT2D eigenvalue weighted by Gasteiger charge is -2.36. The highest BCUT2D eigenvalue weighted by Gasteiger charge is 2.22. The molecule has 1 heterocycles. The first-order valence-corrected chi connectivity index (χ1v) is 8.34. The molecule has 23 heavy (non-hydrogen) atoms. The van der Waals surface area contributed by atoms with E-state index in [1.54, 1.807) is 0 Å². The van der Waals surface area contributed by atoms with E-state index in [9.17, 15) is 4.79 Å². The van der Waals surface area contributed by atoms with Crippen LogP contribution < -0.4 is 4.90 Å². The van der Waals surface area contributed by atoms with E-state index in [1.165, 1.54) is 11.3 Å². The Hall–Kier alpha value is -2.29. The van der Waals surface area contributed by atoms with Gasteiger partial charge in [-0.2, -0.15) is 0 Å². The summed E-state index contributed by atoms with van der Waals surface area (Å²) in [5.74, 6) is 0.678. The first-order valence-electron chi connectivity index (χ1n) is 8.34. The van der Waals surface area contributed by atoms with Crippen molar-refractivity contribution in [3.63, 3.8) is 0 Å². The predicted octanol–water partition coefficient (Wildman–Crippen LogP) is 3.77. The van der Waals surface area contributed by atoms with Crippen molar-refractivity contribution in [3.05, 3.63) is 65.7 Å². The number of piperazine rings is 1. The van der Waals surface area contributed by atoms with E-state index in [1.807, 2.05) is 35.2 Å². The number of amides is 1. The first kappa shape index (κ1) is 15.6. The van der Waals surface area contributed by atoms with Crippen molar-refractivity contribution in [3.8, 4) is 0 Å². The maximum Gasteiger partial charge on any atom is 0.253 e. The van der Waals surface area contributed by atoms with E-state index in [0.717, 1.165) is 31.7 Å². The van der Waals surface area contributed by atoms with Crippen molar-refractivity contribution < 1.29 is 4.79 Å². The molecule has 3 rings (SSSR count). The Kier molecular flexibility index (Phi) is 4.65. The Morgan fingerprint density at radius 2 is 1.61 bits per heavy atom. The van der Waals surface area contributed by atoms with E-state index < -0.39 is 0 Å². The minimum atomic E-state index is 0.140. The molecule has 0 radical (unpaired) electrons. The van der Waals surface area contributed by atoms with Crippen LogP contribution in [0.25, 0.3) is 0 Å². The van der Waals surface area contributed by atoms with Gasteiger partial charge in [0, 0.05) is 37.4 Å². The summed E-state index contributed by atoms with van der Waals surface area (Å²) < 4.78 is 0. The molecule has 0 saturated carbocycles. The average molecular weight is 308 g/mol. The summed E-state index contributed by atoms with van der Waals surface area (Å²) in [7, 11) is 0. The summed E-state index contributed by atoms with van der Waals surface area (Å²) in [6, 6.07) is 18.3. The maximum atomic E-state index is 12.5. The smallest absolute Gasteiger partial charge is 0.253 e. The highest BCUT2D eigenvalue weighted by Crippen LogP contribution is 2.23. The Balaban J connectivity index is 1.64. The lowest BCUT2D eigenvalue weighted by atomic mass is 10.0. The largest absolute Gasteiger partial charge is 0.368 e. The second-order valence-corrected chi connectivity index (χ2v) is 6.39. The van der Waals surface area contributed by atoms with Crippen molar-refractivity contribution in [2.24, 2.45) is 0 Å². The molecule has 0 atom stereocenters. The monoisotopic (exact) mass is 308 g/mol. The SMILES string of the molecule is CC(C)c1cccc(N2CCN(C(=O)c3ccccc3)CC2)c1. The highest BCUT2D eigenvalue weighted by molar-refractivity contribution is 5.94. The third-order valence-corrected chi connectivity index (χ3v) is 4.49. The van der Waals surface area contributed by atoms with Gasteiger partial charge >= 0.3 is 0 Å². The number of benzene rings is 2. The summed E-state index contributed by atoms with van der Waals surface area (Å²) in [6.07, 6.45) is 0. The standard InChI is InChI=1S/C20H24N2O/c1-16(2)18-9-6-10-19(15-18)21-11-13-22(14-12-21)20(23)17-7-4-3-5-8-17/h3-10,15-16H,11-14H2,1-2H3. The van der Waals surface area contributed by atoms with Gasteiger partial charge < -0.3 is 9.80 Å². The Morgan fingerprint density at radius 3 is 2.26 bits per heavy atom. The van der Waals surface area contributed by atoms with Crippen molar-refractivity contribution in [2.45, 2.75) is 19.8 Å². The molecule has 1 fully saturated rings. The van der Waals surface area contributed by atoms with Crippen LogP contribution in [-0.2, 0) is 0 Å². The van der Waals surface area contributed by atoms with Crippen molar-refractivity contribution in [1.82, 2.24) is 4.90 Å². The molecule has 0 unspecified atom stereocenters. The van der Waals surface area contributed by atoms with E-state index >= 15 is 0 Å². The maximum absolute atomic E-state index is 12.5. The van der Waals surface area contributed by atoms with Crippen LogP contribution in [0.4, 0.5) is 5.69 Å². The predicted molar refractivity (Wildman–Crippen MR) is 95.1 cm³/mol. The molecule has 0 spiro atoms. The number of hydrogen-bond donors (Lipinski definition) is 0. The number of anilines is 1. The van der Waals surface area contributed by atoms with Crippen LogP contribution in [0, 0.1) is 0 Å². The molecular weight excluding hydrogens is 284 g/mol. The third-order valence-electron chi connectivity index (χ3n) is 4.49. The van der Waals surface area contributed by atoms with Gasteiger partial charge in [0.2, 0.25) is 0 Å². The van der Waals surface area contributed by atoms with Gasteiger partial charge in [0.1, 0.15) is 0 Å². The fourth-order valence-electron chi connectivity index (χ4n) is 3.01. The van der Waals surface area contributed by atoms with Gasteiger partial charge in [-0.1, -0.05) is 44.2 Å². The second-order valence-electron chi connectivity index (χ2n) is 6.39. The summed E-state index contributed by atoms with van der Waals surface area (Å²) >= 11 is 0. The molecule has 2 aromatic carbocycles. The highest BCUT2D eigenvalue weighted by atomic mass is 16.2. The minimum absolute atomic E-state index is 0.140. The van der Waals surface area contributed by atoms with Gasteiger partial charge in [-0.15, -0.1) is 0 Å². The zero-order chi connectivity index (χ0) is 16.2. The van der Waals surface area contributed by atoms with E-state index in [0.29, 0.717) is 5.92 Å². The van der Waals surface area contributed by atoms with E-state index in [-0.39, 0.29) is 5.91 Å². The van der Waals surface area contributed by atoms with Gasteiger partial charge in [-0.25, -0.2) is 0 Å². The van der Waals surface area contributed by atoms with Crippen LogP contribution in [0.1, 0.15) is 35.7 Å². The molecule has 2 aromatic rings. The summed E-state index contributed by atoms with van der Waals surface area (Å²) in [4.78, 5) is 16.8. The molecule has 1 saturated heterocycles. The molecular formula is C20H24N2O. The van der Waals surface area contributed by atoms with Gasteiger partial charge in [0.15, 0.2) is 0 Å². The molecule has 1 aliphatic rings. The number of carbonyl (C=O) groups is 1. The van der Waals surface area contributed by atoms with Gasteiger partial charge in [-0.05, 0) is 35.7 Å². The van der Waals surface area contributed by atoms with Crippen LogP contribution in [0.2, 0.25) is 0 Å². The number of carbonyl (C=O) groups excluding carboxylic acids is 1. The van der Waals surface area contributed by atoms with Crippen molar-refractivity contribution in [1.29, 1.82) is 0 Å². The molecule has 3 heteroatoms. The second kappa shape index (κ2) is 6.86. The fourth-order valence-corrected chi connectivity index (χ4v) is 3.01. The van der Waals surface area contributed by atoms with Crippen molar-refractivity contribution >= 4 is 11.6 Å². The molecule has 3 nitrogen and oxygen atoms in total. The lowest BCUT2D eigenvalue weighted by molar-refractivity contribution is 0.0747. The Labute approximate surface area is 138 Å². The van der Waals surface area contributed by atoms with E-state index in [4.69, 9.17) is 0 Å². The topological polar surface area (TPSA) is 23.6 Å². The van der Waals surface area contributed by atoms with Crippen LogP contribution in [0.3, 0.4) is 0 Å². The average Bonchev–Trinajstić information content (AvgIpc) is 2.62. The molecule has 1 amide bonds. The van der Waals surface area contributed by atoms with Gasteiger partial charge in [-0.3, -0.25) is 4.79 Å². The molecule has 0 bridgehead atoms. The Bertz CT molecular complexity index is 658. The normalized spacial score (nSPS) is 15.1. The number of rotatable bonds is 3.